The van der Waals surface area contributed by atoms with Gasteiger partial charge < -0.3 is 9.64 Å². The van der Waals surface area contributed by atoms with Crippen LogP contribution in [-0.4, -0.2) is 51.7 Å². The van der Waals surface area contributed by atoms with E-state index >= 15 is 0 Å². The van der Waals surface area contributed by atoms with Crippen molar-refractivity contribution < 1.29 is 9.53 Å². The highest BCUT2D eigenvalue weighted by molar-refractivity contribution is 7.80. The molecule has 0 aliphatic carbocycles. The van der Waals surface area contributed by atoms with Gasteiger partial charge in [-0.3, -0.25) is 20.1 Å². The summed E-state index contributed by atoms with van der Waals surface area (Å²) in [6.45, 7) is 9.00. The van der Waals surface area contributed by atoms with Crippen molar-refractivity contribution in [3.63, 3.8) is 0 Å². The number of likely N-dealkylation sites (tertiary alicyclic amines) is 1. The lowest BCUT2D eigenvalue weighted by Crippen LogP contribution is -2.44. The van der Waals surface area contributed by atoms with Crippen LogP contribution in [-0.2, 0) is 9.53 Å². The van der Waals surface area contributed by atoms with Crippen molar-refractivity contribution in [1.82, 2.24) is 20.1 Å². The molecule has 0 bridgehead atoms. The maximum Gasteiger partial charge on any atom is 0.308 e. The minimum Gasteiger partial charge on any atom is -0.469 e. The second-order valence-electron chi connectivity index (χ2n) is 7.92. The number of hydrazone groups is 1. The number of carbonyl (C=O) groups excluding carboxylic acids is 1. The number of nitrogens with one attached hydrogen (secondary N) is 2. The maximum absolute atomic E-state index is 13.0. The van der Waals surface area contributed by atoms with Gasteiger partial charge in [0.1, 0.15) is 0 Å². The van der Waals surface area contributed by atoms with E-state index in [9.17, 15) is 9.59 Å². The number of aromatic nitrogens is 2. The fraction of sp³-hybridized carbons (Fsp3) is 0.455. The monoisotopic (exact) mass is 443 g/mol. The third-order valence-electron chi connectivity index (χ3n) is 5.82. The molecular formula is C22H29N5O3S. The normalized spacial score (nSPS) is 15.1. The third-order valence-corrected chi connectivity index (χ3v) is 6.17. The first-order valence-electron chi connectivity index (χ1n) is 10.3. The van der Waals surface area contributed by atoms with E-state index in [4.69, 9.17) is 17.0 Å². The second kappa shape index (κ2) is 9.47. The quantitative estimate of drug-likeness (QED) is 0.327. The molecule has 31 heavy (non-hydrogen) atoms. The van der Waals surface area contributed by atoms with Gasteiger partial charge in [0.15, 0.2) is 5.11 Å². The predicted octanol–water partition coefficient (Wildman–Crippen LogP) is 2.57. The van der Waals surface area contributed by atoms with Gasteiger partial charge in [0.05, 0.1) is 30.0 Å². The SMILES string of the molecule is COC(=O)C1CCN(C(=S)N/N=C(\C)c2c(C)[nH]n(-c3ccc(C)c(C)c3)c2=O)CC1. The number of H-pyrrole nitrogens is 1. The van der Waals surface area contributed by atoms with E-state index in [1.54, 1.807) is 6.92 Å². The molecule has 0 atom stereocenters. The molecule has 1 fully saturated rings. The highest BCUT2D eigenvalue weighted by Gasteiger charge is 2.26. The molecule has 1 aromatic carbocycles. The summed E-state index contributed by atoms with van der Waals surface area (Å²) >= 11 is 5.45. The maximum atomic E-state index is 13.0. The molecule has 9 heteroatoms. The molecule has 3 rings (SSSR count). The second-order valence-corrected chi connectivity index (χ2v) is 8.31. The van der Waals surface area contributed by atoms with Crippen LogP contribution in [0.5, 0.6) is 0 Å². The Balaban J connectivity index is 1.71. The number of piperidine rings is 1. The molecule has 1 aromatic heterocycles. The number of aromatic amines is 1. The van der Waals surface area contributed by atoms with Crippen molar-refractivity contribution in [3.8, 4) is 5.69 Å². The van der Waals surface area contributed by atoms with E-state index in [1.165, 1.54) is 17.4 Å². The topological polar surface area (TPSA) is 91.7 Å². The van der Waals surface area contributed by atoms with Gasteiger partial charge in [0.25, 0.3) is 5.56 Å². The van der Waals surface area contributed by atoms with Crippen LogP contribution >= 0.6 is 12.2 Å². The standard InChI is InChI=1S/C22H29N5O3S/c1-13-6-7-18(12-14(13)2)27-20(28)19(16(4)25-27)15(3)23-24-22(31)26-10-8-17(9-11-26)21(29)30-5/h6-7,12,17,25H,8-11H2,1-5H3,(H,24,31)/b23-15+. The Labute approximate surface area is 187 Å². The summed E-state index contributed by atoms with van der Waals surface area (Å²) in [4.78, 5) is 26.7. The van der Waals surface area contributed by atoms with Crippen LogP contribution in [0, 0.1) is 26.7 Å². The third kappa shape index (κ3) is 4.87. The molecule has 1 aliphatic heterocycles. The zero-order valence-electron chi connectivity index (χ0n) is 18.6. The average molecular weight is 444 g/mol. The van der Waals surface area contributed by atoms with Gasteiger partial charge in [-0.05, 0) is 76.0 Å². The summed E-state index contributed by atoms with van der Waals surface area (Å²) in [6.07, 6.45) is 1.38. The van der Waals surface area contributed by atoms with Crippen LogP contribution in [0.3, 0.4) is 0 Å². The fourth-order valence-electron chi connectivity index (χ4n) is 3.76. The van der Waals surface area contributed by atoms with Gasteiger partial charge in [-0.15, -0.1) is 0 Å². The number of esters is 1. The smallest absolute Gasteiger partial charge is 0.308 e. The number of aryl methyl sites for hydroxylation is 3. The number of carbonyl (C=O) groups is 1. The van der Waals surface area contributed by atoms with Crippen molar-refractivity contribution in [2.75, 3.05) is 20.2 Å². The fourth-order valence-corrected chi connectivity index (χ4v) is 3.99. The highest BCUT2D eigenvalue weighted by atomic mass is 32.1. The summed E-state index contributed by atoms with van der Waals surface area (Å²) in [5.41, 5.74) is 7.61. The molecule has 0 unspecified atom stereocenters. The van der Waals surface area contributed by atoms with Gasteiger partial charge >= 0.3 is 5.97 Å². The van der Waals surface area contributed by atoms with Crippen LogP contribution in [0.15, 0.2) is 28.1 Å². The van der Waals surface area contributed by atoms with E-state index in [0.717, 1.165) is 16.9 Å². The molecule has 2 heterocycles. The van der Waals surface area contributed by atoms with Crippen LogP contribution in [0.1, 0.15) is 42.1 Å². The van der Waals surface area contributed by atoms with Crippen molar-refractivity contribution in [2.45, 2.75) is 40.5 Å². The number of thiocarbonyl (C=S) groups is 1. The van der Waals surface area contributed by atoms with Gasteiger partial charge in [-0.2, -0.15) is 5.10 Å². The van der Waals surface area contributed by atoms with Crippen molar-refractivity contribution in [2.24, 2.45) is 11.0 Å². The Morgan fingerprint density at radius 2 is 1.90 bits per heavy atom. The predicted molar refractivity (Wildman–Crippen MR) is 125 cm³/mol. The highest BCUT2D eigenvalue weighted by Crippen LogP contribution is 2.18. The lowest BCUT2D eigenvalue weighted by atomic mass is 9.97. The Morgan fingerprint density at radius 1 is 1.23 bits per heavy atom. The first-order chi connectivity index (χ1) is 14.7. The first kappa shape index (κ1) is 22.7. The van der Waals surface area contributed by atoms with E-state index in [2.05, 4.69) is 15.6 Å². The summed E-state index contributed by atoms with van der Waals surface area (Å²) in [6, 6.07) is 5.90. The molecule has 0 spiro atoms. The molecular weight excluding hydrogens is 414 g/mol. The number of hydrogen-bond acceptors (Lipinski definition) is 5. The molecule has 0 amide bonds. The van der Waals surface area contributed by atoms with Crippen molar-refractivity contribution in [3.05, 3.63) is 50.9 Å². The number of ether oxygens (including phenoxy) is 1. The van der Waals surface area contributed by atoms with Crippen LogP contribution < -0.4 is 11.0 Å². The molecule has 2 N–H and O–H groups in total. The lowest BCUT2D eigenvalue weighted by Gasteiger charge is -2.31. The van der Waals surface area contributed by atoms with Gasteiger partial charge in [-0.1, -0.05) is 6.07 Å². The van der Waals surface area contributed by atoms with Crippen LogP contribution in [0.2, 0.25) is 0 Å². The summed E-state index contributed by atoms with van der Waals surface area (Å²) in [5, 5.41) is 7.97. The van der Waals surface area contributed by atoms with E-state index < -0.39 is 0 Å². The van der Waals surface area contributed by atoms with Crippen molar-refractivity contribution >= 4 is 29.0 Å². The lowest BCUT2D eigenvalue weighted by molar-refractivity contribution is -0.146. The summed E-state index contributed by atoms with van der Waals surface area (Å²) in [7, 11) is 1.41. The molecule has 166 valence electrons. The van der Waals surface area contributed by atoms with Crippen molar-refractivity contribution in [1.29, 1.82) is 0 Å². The number of benzene rings is 1. The number of methoxy groups -OCH3 is 1. The van der Waals surface area contributed by atoms with Gasteiger partial charge in [0, 0.05) is 18.8 Å². The molecule has 1 aliphatic rings. The molecule has 2 aromatic rings. The van der Waals surface area contributed by atoms with Gasteiger partial charge in [0.2, 0.25) is 0 Å². The zero-order valence-corrected chi connectivity index (χ0v) is 19.4. The minimum absolute atomic E-state index is 0.0827. The number of rotatable bonds is 4. The Hall–Kier alpha value is -2.94. The molecule has 0 radical (unpaired) electrons. The molecule has 8 nitrogen and oxygen atoms in total. The van der Waals surface area contributed by atoms with E-state index in [0.29, 0.717) is 42.3 Å². The van der Waals surface area contributed by atoms with Crippen LogP contribution in [0.4, 0.5) is 0 Å². The Bertz CT molecular complexity index is 1080. The Kier molecular flexibility index (Phi) is 6.94. The van der Waals surface area contributed by atoms with E-state index in [-0.39, 0.29) is 17.4 Å². The molecule has 1 saturated heterocycles. The summed E-state index contributed by atoms with van der Waals surface area (Å²) < 4.78 is 6.35. The minimum atomic E-state index is -0.171. The summed E-state index contributed by atoms with van der Waals surface area (Å²) in [5.74, 6) is -0.254. The first-order valence-corrected chi connectivity index (χ1v) is 10.7. The van der Waals surface area contributed by atoms with Crippen LogP contribution in [0.25, 0.3) is 5.69 Å². The van der Waals surface area contributed by atoms with E-state index in [1.807, 2.05) is 43.9 Å². The zero-order chi connectivity index (χ0) is 22.7. The number of nitrogens with zero attached hydrogens (tertiary/aromatic N) is 3. The number of hydrogen-bond donors (Lipinski definition) is 2. The Morgan fingerprint density at radius 3 is 2.52 bits per heavy atom. The van der Waals surface area contributed by atoms with Gasteiger partial charge in [-0.25, -0.2) is 4.68 Å². The largest absolute Gasteiger partial charge is 0.469 e. The molecule has 0 saturated carbocycles. The average Bonchev–Trinajstić information content (AvgIpc) is 3.07.